The molecule has 8 fully saturated rings. The van der Waals surface area contributed by atoms with Crippen molar-refractivity contribution >= 4 is 5.97 Å². The Morgan fingerprint density at radius 2 is 1.80 bits per heavy atom. The van der Waals surface area contributed by atoms with Gasteiger partial charge in [0.1, 0.15) is 11.5 Å². The molecule has 0 aromatic rings. The van der Waals surface area contributed by atoms with Crippen LogP contribution in [0, 0.1) is 29.1 Å². The molecule has 4 saturated heterocycles. The van der Waals surface area contributed by atoms with Gasteiger partial charge in [0.05, 0.1) is 18.8 Å². The predicted octanol–water partition coefficient (Wildman–Crippen LogP) is 5.18. The third kappa shape index (κ3) is 3.64. The van der Waals surface area contributed by atoms with Crippen molar-refractivity contribution in [1.82, 2.24) is 0 Å². The van der Waals surface area contributed by atoms with Crippen LogP contribution in [-0.4, -0.2) is 66.1 Å². The Bertz CT molecular complexity index is 1080. The number of aliphatic hydroxyl groups is 1. The van der Waals surface area contributed by atoms with Crippen LogP contribution in [0.5, 0.6) is 0 Å². The number of esters is 1. The number of hydrogen-bond acceptors (Lipinski definition) is 8. The first kappa shape index (κ1) is 28.5. The molecule has 0 amide bonds. The fourth-order valence-corrected chi connectivity index (χ4v) is 10.8. The van der Waals surface area contributed by atoms with Crippen molar-refractivity contribution in [3.8, 4) is 0 Å². The van der Waals surface area contributed by atoms with Gasteiger partial charge < -0.3 is 33.5 Å². The molecular weight excluding hydrogens is 524 g/mol. The second-order valence-electron chi connectivity index (χ2n) is 13.6. The van der Waals surface area contributed by atoms with Gasteiger partial charge in [-0.05, 0) is 77.6 Å². The van der Waals surface area contributed by atoms with E-state index < -0.39 is 40.6 Å². The number of hydrogen-bond donors (Lipinski definition) is 1. The molecule has 8 rings (SSSR count). The average Bonchev–Trinajstić information content (AvgIpc) is 3.62. The molecule has 10 atom stereocenters. The summed E-state index contributed by atoms with van der Waals surface area (Å²) in [6.45, 7) is 7.58. The molecule has 8 unspecified atom stereocenters. The minimum atomic E-state index is -1.26. The lowest BCUT2D eigenvalue weighted by Gasteiger charge is -2.69. The van der Waals surface area contributed by atoms with Gasteiger partial charge in [-0.15, -0.1) is 0 Å². The van der Waals surface area contributed by atoms with Crippen LogP contribution in [0.2, 0.25) is 0 Å². The van der Waals surface area contributed by atoms with Crippen LogP contribution in [0.3, 0.4) is 0 Å². The molecule has 8 nitrogen and oxygen atoms in total. The molecule has 6 bridgehead atoms. The second-order valence-corrected chi connectivity index (χ2v) is 13.6. The van der Waals surface area contributed by atoms with Crippen molar-refractivity contribution < 1.29 is 38.3 Å². The summed E-state index contributed by atoms with van der Waals surface area (Å²) < 4.78 is 39.5. The lowest BCUT2D eigenvalue weighted by molar-refractivity contribution is -0.449. The zero-order chi connectivity index (χ0) is 28.5. The summed E-state index contributed by atoms with van der Waals surface area (Å²) in [6.07, 6.45) is 16.7. The lowest BCUT2D eigenvalue weighted by Crippen LogP contribution is -2.80. The van der Waals surface area contributed by atoms with E-state index in [-0.39, 0.29) is 29.6 Å². The Morgan fingerprint density at radius 3 is 2.56 bits per heavy atom. The molecule has 41 heavy (non-hydrogen) atoms. The van der Waals surface area contributed by atoms with Crippen LogP contribution < -0.4 is 0 Å². The minimum Gasteiger partial charge on any atom is -0.429 e. The predicted molar refractivity (Wildman–Crippen MR) is 149 cm³/mol. The summed E-state index contributed by atoms with van der Waals surface area (Å²) in [5, 5.41) is 12.4. The average molecular weight is 573 g/mol. The van der Waals surface area contributed by atoms with Gasteiger partial charge in [0, 0.05) is 31.3 Å². The monoisotopic (exact) mass is 572 g/mol. The minimum absolute atomic E-state index is 0.135. The molecule has 0 aromatic heterocycles. The summed E-state index contributed by atoms with van der Waals surface area (Å²) in [4.78, 5) is 14.1. The van der Waals surface area contributed by atoms with Gasteiger partial charge in [0.15, 0.2) is 17.7 Å². The lowest BCUT2D eigenvalue weighted by atomic mass is 9.44. The SMILES string of the molecule is C/C=C/CCCCCC1C2C[C@H](C3(CC/C=C/C)OCCO3)OC34OC(=O)[C@@]56CC(OCC)OC35C1C(O)(CC24)C6. The number of rotatable bonds is 12. The summed E-state index contributed by atoms with van der Waals surface area (Å²) >= 11 is 0. The van der Waals surface area contributed by atoms with Gasteiger partial charge in [0.2, 0.25) is 5.79 Å². The molecule has 8 heteroatoms. The number of carbonyl (C=O) groups excluding carboxylic acids is 1. The van der Waals surface area contributed by atoms with Gasteiger partial charge >= 0.3 is 5.97 Å². The van der Waals surface area contributed by atoms with E-state index in [0.717, 1.165) is 44.9 Å². The van der Waals surface area contributed by atoms with E-state index in [2.05, 4.69) is 31.2 Å². The van der Waals surface area contributed by atoms with Crippen LogP contribution in [0.15, 0.2) is 24.3 Å². The van der Waals surface area contributed by atoms with Gasteiger partial charge in [-0.1, -0.05) is 37.1 Å². The Labute approximate surface area is 244 Å². The molecule has 228 valence electrons. The van der Waals surface area contributed by atoms with Crippen LogP contribution in [0.25, 0.3) is 0 Å². The first-order valence-corrected chi connectivity index (χ1v) is 16.3. The van der Waals surface area contributed by atoms with Gasteiger partial charge in [-0.2, -0.15) is 0 Å². The highest BCUT2D eigenvalue weighted by atomic mass is 16.8. The van der Waals surface area contributed by atoms with Crippen molar-refractivity contribution in [2.45, 2.75) is 127 Å². The van der Waals surface area contributed by atoms with Crippen molar-refractivity contribution in [2.75, 3.05) is 19.8 Å². The maximum Gasteiger partial charge on any atom is 0.318 e. The zero-order valence-electron chi connectivity index (χ0n) is 25.0. The third-order valence-corrected chi connectivity index (χ3v) is 11.8. The molecular formula is C33H48O8. The third-order valence-electron chi connectivity index (χ3n) is 11.8. The van der Waals surface area contributed by atoms with E-state index in [1.165, 1.54) is 0 Å². The van der Waals surface area contributed by atoms with E-state index in [0.29, 0.717) is 45.5 Å². The van der Waals surface area contributed by atoms with Crippen molar-refractivity contribution in [2.24, 2.45) is 29.1 Å². The normalized spacial score (nSPS) is 48.5. The molecule has 8 aliphatic rings. The molecule has 0 radical (unpaired) electrons. The molecule has 4 aliphatic heterocycles. The first-order valence-electron chi connectivity index (χ1n) is 16.3. The Morgan fingerprint density at radius 1 is 1.02 bits per heavy atom. The van der Waals surface area contributed by atoms with E-state index in [1.807, 2.05) is 13.8 Å². The van der Waals surface area contributed by atoms with Crippen LogP contribution in [0.4, 0.5) is 0 Å². The van der Waals surface area contributed by atoms with E-state index in [9.17, 15) is 9.90 Å². The van der Waals surface area contributed by atoms with Crippen LogP contribution in [0.1, 0.15) is 91.4 Å². The molecule has 0 aromatic carbocycles. The Balaban J connectivity index is 1.29. The maximum absolute atomic E-state index is 14.1. The number of unbranched alkanes of at least 4 members (excludes halogenated alkanes) is 3. The molecule has 4 saturated carbocycles. The fraction of sp³-hybridized carbons (Fsp3) is 0.848. The van der Waals surface area contributed by atoms with Gasteiger partial charge in [-0.3, -0.25) is 4.79 Å². The standard InChI is InChI=1S/C33H48O8/c1-4-7-9-10-11-12-14-22-23-18-25(31(15-13-8-5-2)37-16-17-38-31)39-33-24(23)19-30(35)21-29(28(34)41-33)20-26(36-6-3)40-32(29,33)27(22)30/h4-5,7-8,22-27,35H,6,9-21H2,1-3H3/b7-4+,8-5+/t22?,23?,24?,25-,26?,27?,29+,30?,32?,33?/m1/s1. The highest BCUT2D eigenvalue weighted by molar-refractivity contribution is 5.85. The molecule has 4 aliphatic carbocycles. The first-order chi connectivity index (χ1) is 19.9. The fourth-order valence-electron chi connectivity index (χ4n) is 10.8. The topological polar surface area (TPSA) is 92.7 Å². The summed E-state index contributed by atoms with van der Waals surface area (Å²) in [6, 6.07) is 0. The largest absolute Gasteiger partial charge is 0.429 e. The quantitative estimate of drug-likeness (QED) is 0.194. The zero-order valence-corrected chi connectivity index (χ0v) is 25.0. The smallest absolute Gasteiger partial charge is 0.318 e. The summed E-state index contributed by atoms with van der Waals surface area (Å²) in [7, 11) is 0. The van der Waals surface area contributed by atoms with Crippen LogP contribution >= 0.6 is 0 Å². The van der Waals surface area contributed by atoms with Crippen molar-refractivity contribution in [3.05, 3.63) is 24.3 Å². The van der Waals surface area contributed by atoms with Crippen molar-refractivity contribution in [3.63, 3.8) is 0 Å². The summed E-state index contributed by atoms with van der Waals surface area (Å²) in [5.74, 6) is -2.38. The molecule has 2 spiro atoms. The van der Waals surface area contributed by atoms with Crippen molar-refractivity contribution in [1.29, 1.82) is 0 Å². The number of ether oxygens (including phenoxy) is 6. The van der Waals surface area contributed by atoms with Gasteiger partial charge in [0.25, 0.3) is 0 Å². The number of allylic oxidation sites excluding steroid dienone is 4. The summed E-state index contributed by atoms with van der Waals surface area (Å²) in [5.41, 5.74) is -2.99. The Hall–Kier alpha value is -1.29. The highest BCUT2D eigenvalue weighted by Crippen LogP contribution is 2.83. The molecule has 1 N–H and O–H groups in total. The van der Waals surface area contributed by atoms with E-state index >= 15 is 0 Å². The van der Waals surface area contributed by atoms with Crippen LogP contribution in [-0.2, 0) is 33.2 Å². The van der Waals surface area contributed by atoms with Gasteiger partial charge in [-0.25, -0.2) is 0 Å². The highest BCUT2D eigenvalue weighted by Gasteiger charge is 2.97. The van der Waals surface area contributed by atoms with E-state index in [1.54, 1.807) is 0 Å². The number of carbonyl (C=O) groups is 1. The maximum atomic E-state index is 14.1. The Kier molecular flexibility index (Phi) is 7.04. The molecule has 4 heterocycles. The van der Waals surface area contributed by atoms with E-state index in [4.69, 9.17) is 28.4 Å². The second kappa shape index (κ2) is 10.1.